The summed E-state index contributed by atoms with van der Waals surface area (Å²) in [5.74, 6) is -0.465. The Bertz CT molecular complexity index is 879. The van der Waals surface area contributed by atoms with Crippen molar-refractivity contribution >= 4 is 27.6 Å². The Kier molecular flexibility index (Phi) is 6.81. The van der Waals surface area contributed by atoms with E-state index in [0.29, 0.717) is 16.1 Å². The fraction of sp³-hybridized carbons (Fsp3) is 0.316. The number of sulfonamides is 1. The SMILES string of the molecule is CCOC(=O)CC(NS(=O)(=O)c1ccc(Cl)c(C)c1)c1ccc(C)cc1. The van der Waals surface area contributed by atoms with E-state index in [0.717, 1.165) is 5.56 Å². The first-order valence-corrected chi connectivity index (χ1v) is 10.1. The number of aryl methyl sites for hydroxylation is 2. The first-order chi connectivity index (χ1) is 12.2. The molecule has 0 amide bonds. The Hall–Kier alpha value is -1.89. The van der Waals surface area contributed by atoms with E-state index in [1.165, 1.54) is 18.2 Å². The number of esters is 1. The molecule has 140 valence electrons. The number of benzene rings is 2. The molecule has 1 atom stereocenters. The summed E-state index contributed by atoms with van der Waals surface area (Å²) in [4.78, 5) is 12.0. The fourth-order valence-electron chi connectivity index (χ4n) is 2.45. The lowest BCUT2D eigenvalue weighted by Gasteiger charge is -2.19. The highest BCUT2D eigenvalue weighted by Crippen LogP contribution is 2.24. The minimum absolute atomic E-state index is 0.0945. The highest BCUT2D eigenvalue weighted by Gasteiger charge is 2.24. The predicted molar refractivity (Wildman–Crippen MR) is 102 cm³/mol. The summed E-state index contributed by atoms with van der Waals surface area (Å²) in [7, 11) is -3.83. The molecule has 0 saturated heterocycles. The lowest BCUT2D eigenvalue weighted by Crippen LogP contribution is -2.30. The van der Waals surface area contributed by atoms with Crippen LogP contribution in [0.4, 0.5) is 0 Å². The molecule has 1 N–H and O–H groups in total. The van der Waals surface area contributed by atoms with Gasteiger partial charge in [0.1, 0.15) is 0 Å². The average Bonchev–Trinajstić information content (AvgIpc) is 2.57. The third-order valence-corrected chi connectivity index (χ3v) is 5.79. The Balaban J connectivity index is 2.33. The summed E-state index contributed by atoms with van der Waals surface area (Å²) in [5, 5.41) is 0.491. The van der Waals surface area contributed by atoms with E-state index in [4.69, 9.17) is 16.3 Å². The number of nitrogens with one attached hydrogen (secondary N) is 1. The zero-order valence-corrected chi connectivity index (χ0v) is 16.5. The van der Waals surface area contributed by atoms with Crippen molar-refractivity contribution in [1.29, 1.82) is 0 Å². The van der Waals surface area contributed by atoms with Crippen molar-refractivity contribution in [1.82, 2.24) is 4.72 Å². The molecule has 7 heteroatoms. The first-order valence-electron chi connectivity index (χ1n) is 8.23. The van der Waals surface area contributed by atoms with Crippen LogP contribution < -0.4 is 4.72 Å². The van der Waals surface area contributed by atoms with E-state index in [2.05, 4.69) is 4.72 Å². The third-order valence-electron chi connectivity index (χ3n) is 3.89. The Morgan fingerprint density at radius 1 is 1.15 bits per heavy atom. The minimum Gasteiger partial charge on any atom is -0.466 e. The molecule has 2 aromatic rings. The van der Waals surface area contributed by atoms with E-state index in [1.54, 1.807) is 26.0 Å². The maximum atomic E-state index is 12.8. The minimum atomic E-state index is -3.83. The molecule has 5 nitrogen and oxygen atoms in total. The summed E-state index contributed by atoms with van der Waals surface area (Å²) in [6.45, 7) is 5.62. The molecule has 2 aromatic carbocycles. The fourth-order valence-corrected chi connectivity index (χ4v) is 3.88. The van der Waals surface area contributed by atoms with Gasteiger partial charge in [-0.15, -0.1) is 0 Å². The van der Waals surface area contributed by atoms with Gasteiger partial charge in [0.25, 0.3) is 0 Å². The molecule has 0 bridgehead atoms. The van der Waals surface area contributed by atoms with Crippen molar-refractivity contribution in [3.05, 3.63) is 64.2 Å². The van der Waals surface area contributed by atoms with Crippen LogP contribution in [0.3, 0.4) is 0 Å². The number of halogens is 1. The normalized spacial score (nSPS) is 12.6. The monoisotopic (exact) mass is 395 g/mol. The maximum absolute atomic E-state index is 12.8. The average molecular weight is 396 g/mol. The molecule has 0 fully saturated rings. The van der Waals surface area contributed by atoms with Crippen molar-refractivity contribution in [2.75, 3.05) is 6.61 Å². The largest absolute Gasteiger partial charge is 0.466 e. The van der Waals surface area contributed by atoms with Gasteiger partial charge in [0, 0.05) is 5.02 Å². The van der Waals surface area contributed by atoms with Crippen molar-refractivity contribution in [3.8, 4) is 0 Å². The van der Waals surface area contributed by atoms with Crippen molar-refractivity contribution in [3.63, 3.8) is 0 Å². The van der Waals surface area contributed by atoms with E-state index in [9.17, 15) is 13.2 Å². The number of ether oxygens (including phenoxy) is 1. The molecule has 0 saturated carbocycles. The Morgan fingerprint density at radius 2 is 1.81 bits per heavy atom. The summed E-state index contributed by atoms with van der Waals surface area (Å²) in [6, 6.07) is 11.1. The summed E-state index contributed by atoms with van der Waals surface area (Å²) in [6.07, 6.45) is -0.0945. The summed E-state index contributed by atoms with van der Waals surface area (Å²) in [5.41, 5.74) is 2.39. The number of rotatable bonds is 7. The topological polar surface area (TPSA) is 72.5 Å². The van der Waals surface area contributed by atoms with Gasteiger partial charge in [-0.25, -0.2) is 13.1 Å². The number of carbonyl (C=O) groups is 1. The summed E-state index contributed by atoms with van der Waals surface area (Å²) < 4.78 is 33.1. The van der Waals surface area contributed by atoms with Crippen LogP contribution in [0.5, 0.6) is 0 Å². The second-order valence-electron chi connectivity index (χ2n) is 6.00. The van der Waals surface area contributed by atoms with E-state index in [-0.39, 0.29) is 17.9 Å². The van der Waals surface area contributed by atoms with E-state index < -0.39 is 22.0 Å². The van der Waals surface area contributed by atoms with Gasteiger partial charge in [0.15, 0.2) is 0 Å². The number of carbonyl (C=O) groups excluding carboxylic acids is 1. The van der Waals surface area contributed by atoms with Crippen molar-refractivity contribution in [2.24, 2.45) is 0 Å². The molecular weight excluding hydrogens is 374 g/mol. The summed E-state index contributed by atoms with van der Waals surface area (Å²) >= 11 is 5.97. The highest BCUT2D eigenvalue weighted by molar-refractivity contribution is 7.89. The molecule has 0 aliphatic carbocycles. The van der Waals surface area contributed by atoms with Gasteiger partial charge in [-0.1, -0.05) is 41.4 Å². The van der Waals surface area contributed by atoms with Crippen LogP contribution in [0.25, 0.3) is 0 Å². The van der Waals surface area contributed by atoms with Gasteiger partial charge in [-0.2, -0.15) is 0 Å². The van der Waals surface area contributed by atoms with Crippen molar-refractivity contribution < 1.29 is 17.9 Å². The smallest absolute Gasteiger partial charge is 0.307 e. The number of hydrogen-bond donors (Lipinski definition) is 1. The van der Waals surface area contributed by atoms with Gasteiger partial charge >= 0.3 is 5.97 Å². The lowest BCUT2D eigenvalue weighted by atomic mass is 10.0. The van der Waals surface area contributed by atoms with Crippen LogP contribution in [-0.4, -0.2) is 21.0 Å². The zero-order chi connectivity index (χ0) is 19.3. The van der Waals surface area contributed by atoms with Crippen molar-refractivity contribution in [2.45, 2.75) is 38.1 Å². The van der Waals surface area contributed by atoms with E-state index >= 15 is 0 Å². The molecule has 26 heavy (non-hydrogen) atoms. The second-order valence-corrected chi connectivity index (χ2v) is 8.13. The molecule has 0 heterocycles. The Morgan fingerprint density at radius 3 is 2.38 bits per heavy atom. The Labute approximate surface area is 159 Å². The predicted octanol–water partition coefficient (Wildman–Crippen LogP) is 3.93. The maximum Gasteiger partial charge on any atom is 0.307 e. The van der Waals surface area contributed by atoms with Crippen LogP contribution in [0.2, 0.25) is 5.02 Å². The molecule has 1 unspecified atom stereocenters. The molecule has 0 aliphatic rings. The first kappa shape index (κ1) is 20.4. The molecule has 0 spiro atoms. The molecule has 0 aromatic heterocycles. The van der Waals surface area contributed by atoms with Gasteiger partial charge in [-0.05, 0) is 50.1 Å². The van der Waals surface area contributed by atoms with E-state index in [1.807, 2.05) is 19.1 Å². The standard InChI is InChI=1S/C19H22ClNO4S/c1-4-25-19(22)12-18(15-7-5-13(2)6-8-15)21-26(23,24)16-9-10-17(20)14(3)11-16/h5-11,18,21H,4,12H2,1-3H3. The van der Waals surface area contributed by atoms with Crippen LogP contribution in [0, 0.1) is 13.8 Å². The molecule has 2 rings (SSSR count). The van der Waals surface area contributed by atoms with Gasteiger partial charge < -0.3 is 4.74 Å². The second kappa shape index (κ2) is 8.66. The zero-order valence-electron chi connectivity index (χ0n) is 15.0. The number of hydrogen-bond acceptors (Lipinski definition) is 4. The molecule has 0 aliphatic heterocycles. The third kappa shape index (κ3) is 5.30. The van der Waals surface area contributed by atoms with Crippen LogP contribution >= 0.6 is 11.6 Å². The molecular formula is C19H22ClNO4S. The highest BCUT2D eigenvalue weighted by atomic mass is 35.5. The van der Waals surface area contributed by atoms with Gasteiger partial charge in [-0.3, -0.25) is 4.79 Å². The van der Waals surface area contributed by atoms with Crippen LogP contribution in [0.1, 0.15) is 36.1 Å². The van der Waals surface area contributed by atoms with Gasteiger partial charge in [0.2, 0.25) is 10.0 Å². The lowest BCUT2D eigenvalue weighted by molar-refractivity contribution is -0.143. The quantitative estimate of drug-likeness (QED) is 0.721. The van der Waals surface area contributed by atoms with Crippen LogP contribution in [0.15, 0.2) is 47.4 Å². The van der Waals surface area contributed by atoms with Gasteiger partial charge in [0.05, 0.1) is 24.0 Å². The van der Waals surface area contributed by atoms with Crippen LogP contribution in [-0.2, 0) is 19.6 Å². The molecule has 0 radical (unpaired) electrons.